The van der Waals surface area contributed by atoms with E-state index >= 15 is 0 Å². The molecule has 10 heteroatoms. The van der Waals surface area contributed by atoms with E-state index in [0.717, 1.165) is 0 Å². The van der Waals surface area contributed by atoms with Crippen LogP contribution in [0.15, 0.2) is 35.1 Å². The normalized spacial score (nSPS) is 34.4. The van der Waals surface area contributed by atoms with E-state index in [1.54, 1.807) is 19.1 Å². The quantitative estimate of drug-likeness (QED) is 0.327. The average Bonchev–Trinajstić information content (AvgIpc) is 2.70. The number of hydrogen-bond donors (Lipinski definition) is 6. The third-order valence-electron chi connectivity index (χ3n) is 6.99. The number of ketones is 2. The molecule has 10 nitrogen and oxygen atoms in total. The van der Waals surface area contributed by atoms with Crippen molar-refractivity contribution in [1.82, 2.24) is 4.90 Å². The van der Waals surface area contributed by atoms with Crippen molar-refractivity contribution in [2.45, 2.75) is 30.6 Å². The summed E-state index contributed by atoms with van der Waals surface area (Å²) >= 11 is 0. The summed E-state index contributed by atoms with van der Waals surface area (Å²) in [4.78, 5) is 40.0. The Hall–Kier alpha value is -3.21. The first-order valence-electron chi connectivity index (χ1n) is 10.0. The van der Waals surface area contributed by atoms with Gasteiger partial charge in [0.05, 0.1) is 23.6 Å². The first-order chi connectivity index (χ1) is 14.9. The predicted molar refractivity (Wildman–Crippen MR) is 110 cm³/mol. The Morgan fingerprint density at radius 3 is 2.34 bits per heavy atom. The highest BCUT2D eigenvalue weighted by Crippen LogP contribution is 2.55. The van der Waals surface area contributed by atoms with Gasteiger partial charge in [-0.15, -0.1) is 0 Å². The molecular weight excluding hydrogens is 420 g/mol. The molecule has 4 rings (SSSR count). The average molecular weight is 444 g/mol. The molecule has 0 bridgehead atoms. The minimum absolute atomic E-state index is 0.0245. The fourth-order valence-corrected chi connectivity index (χ4v) is 5.58. The number of amides is 1. The number of phenols is 1. The lowest BCUT2D eigenvalue weighted by atomic mass is 9.54. The van der Waals surface area contributed by atoms with Gasteiger partial charge in [0, 0.05) is 11.5 Å². The van der Waals surface area contributed by atoms with Gasteiger partial charge in [0.1, 0.15) is 22.8 Å². The number of carbonyl (C=O) groups excluding carboxylic acids is 3. The molecule has 1 aromatic rings. The molecule has 0 heterocycles. The molecule has 1 saturated carbocycles. The first kappa shape index (κ1) is 22.0. The molecule has 1 fully saturated rings. The molecule has 0 aromatic heterocycles. The maximum Gasteiger partial charge on any atom is 0.255 e. The number of hydrogen-bond acceptors (Lipinski definition) is 9. The lowest BCUT2D eigenvalue weighted by molar-refractivity contribution is -0.169. The van der Waals surface area contributed by atoms with Crippen LogP contribution in [0.25, 0.3) is 5.76 Å². The third-order valence-corrected chi connectivity index (χ3v) is 6.99. The molecule has 170 valence electrons. The highest BCUT2D eigenvalue weighted by atomic mass is 16.4. The summed E-state index contributed by atoms with van der Waals surface area (Å²) in [5.74, 6) is -8.87. The molecule has 7 N–H and O–H groups in total. The van der Waals surface area contributed by atoms with Gasteiger partial charge in [-0.1, -0.05) is 19.1 Å². The topological polar surface area (TPSA) is 182 Å². The van der Waals surface area contributed by atoms with Crippen molar-refractivity contribution in [3.63, 3.8) is 0 Å². The number of nitrogens with two attached hydrogens (primary N) is 1. The van der Waals surface area contributed by atoms with Crippen molar-refractivity contribution < 1.29 is 39.9 Å². The van der Waals surface area contributed by atoms with Gasteiger partial charge in [0.15, 0.2) is 11.4 Å². The van der Waals surface area contributed by atoms with Gasteiger partial charge in [0.25, 0.3) is 5.91 Å². The molecule has 32 heavy (non-hydrogen) atoms. The molecular formula is C22H24N2O8. The molecule has 1 amide bonds. The maximum absolute atomic E-state index is 13.7. The van der Waals surface area contributed by atoms with Crippen molar-refractivity contribution in [2.75, 3.05) is 14.1 Å². The zero-order valence-corrected chi connectivity index (χ0v) is 17.6. The molecule has 0 spiro atoms. The van der Waals surface area contributed by atoms with Crippen LogP contribution < -0.4 is 5.73 Å². The minimum Gasteiger partial charge on any atom is -0.508 e. The summed E-state index contributed by atoms with van der Waals surface area (Å²) in [5, 5.41) is 54.9. The van der Waals surface area contributed by atoms with E-state index < -0.39 is 75.6 Å². The van der Waals surface area contributed by atoms with Crippen LogP contribution in [0, 0.1) is 11.8 Å². The molecule has 3 aliphatic rings. The van der Waals surface area contributed by atoms with E-state index in [0.29, 0.717) is 5.56 Å². The molecule has 3 aliphatic carbocycles. The predicted octanol–water partition coefficient (Wildman–Crippen LogP) is -0.504. The summed E-state index contributed by atoms with van der Waals surface area (Å²) in [7, 11) is 2.92. The minimum atomic E-state index is -2.89. The Kier molecular flexibility index (Phi) is 4.74. The van der Waals surface area contributed by atoms with Crippen molar-refractivity contribution in [1.29, 1.82) is 0 Å². The summed E-state index contributed by atoms with van der Waals surface area (Å²) in [6.07, 6.45) is -1.59. The summed E-state index contributed by atoms with van der Waals surface area (Å²) in [6.45, 7) is 1.68. The molecule has 0 saturated heterocycles. The first-order valence-corrected chi connectivity index (χ1v) is 10.0. The van der Waals surface area contributed by atoms with E-state index in [2.05, 4.69) is 0 Å². The number of aliphatic hydroxyl groups excluding tert-OH is 3. The fourth-order valence-electron chi connectivity index (χ4n) is 5.58. The highest BCUT2D eigenvalue weighted by molar-refractivity contribution is 6.24. The Balaban J connectivity index is 2.07. The van der Waals surface area contributed by atoms with E-state index in [1.807, 2.05) is 0 Å². The smallest absolute Gasteiger partial charge is 0.255 e. The molecule has 0 aliphatic heterocycles. The SMILES string of the molecule is CC1c2cccc(O)c2C(O)=C2C(=O)[C@]3(O)C(O)=C(C(N)=O)C(=O)[C@@H](N(C)C)[C@@H]3[C@@H](O)[C@@H]21. The Morgan fingerprint density at radius 1 is 1.16 bits per heavy atom. The van der Waals surface area contributed by atoms with Gasteiger partial charge >= 0.3 is 0 Å². The summed E-state index contributed by atoms with van der Waals surface area (Å²) in [5.41, 5.74) is 1.47. The number of rotatable bonds is 2. The van der Waals surface area contributed by atoms with Crippen LogP contribution in [0.2, 0.25) is 0 Å². The van der Waals surface area contributed by atoms with Gasteiger partial charge in [-0.25, -0.2) is 0 Å². The van der Waals surface area contributed by atoms with Crippen LogP contribution in [0.1, 0.15) is 24.0 Å². The van der Waals surface area contributed by atoms with Crippen LogP contribution in [0.3, 0.4) is 0 Å². The third kappa shape index (κ3) is 2.48. The zero-order chi connectivity index (χ0) is 23.9. The number of primary amides is 1. The van der Waals surface area contributed by atoms with Gasteiger partial charge in [-0.2, -0.15) is 0 Å². The zero-order valence-electron chi connectivity index (χ0n) is 17.6. The lowest BCUT2D eigenvalue weighted by Gasteiger charge is -2.53. The second kappa shape index (κ2) is 6.89. The summed E-state index contributed by atoms with van der Waals surface area (Å²) in [6, 6.07) is 3.13. The fraction of sp³-hybridized carbons (Fsp3) is 0.409. The van der Waals surface area contributed by atoms with Crippen molar-refractivity contribution in [3.8, 4) is 5.75 Å². The van der Waals surface area contributed by atoms with Gasteiger partial charge in [-0.3, -0.25) is 19.3 Å². The lowest BCUT2D eigenvalue weighted by Crippen LogP contribution is -2.70. The number of likely N-dealkylation sites (N-methyl/N-ethyl adjacent to an activating group) is 1. The van der Waals surface area contributed by atoms with E-state index in [4.69, 9.17) is 5.73 Å². The Bertz CT molecular complexity index is 1140. The number of phenolic OH excluding ortho intramolecular Hbond substituents is 1. The molecule has 1 unspecified atom stereocenters. The second-order valence-corrected chi connectivity index (χ2v) is 8.79. The van der Waals surface area contributed by atoms with Crippen LogP contribution >= 0.6 is 0 Å². The number of nitrogens with zero attached hydrogens (tertiary/aromatic N) is 1. The Labute approximate surface area is 182 Å². The van der Waals surface area contributed by atoms with E-state index in [-0.39, 0.29) is 11.3 Å². The number of aliphatic hydroxyl groups is 4. The molecule has 1 aromatic carbocycles. The number of carbonyl (C=O) groups is 3. The number of benzene rings is 1. The van der Waals surface area contributed by atoms with Gasteiger partial charge < -0.3 is 31.3 Å². The summed E-state index contributed by atoms with van der Waals surface area (Å²) < 4.78 is 0. The van der Waals surface area contributed by atoms with Gasteiger partial charge in [-0.05, 0) is 31.6 Å². The Morgan fingerprint density at radius 2 is 1.78 bits per heavy atom. The molecule has 0 radical (unpaired) electrons. The van der Waals surface area contributed by atoms with Gasteiger partial charge in [0.2, 0.25) is 5.78 Å². The largest absolute Gasteiger partial charge is 0.508 e. The monoisotopic (exact) mass is 444 g/mol. The molecule has 6 atom stereocenters. The van der Waals surface area contributed by atoms with Crippen LogP contribution in [0.5, 0.6) is 5.75 Å². The van der Waals surface area contributed by atoms with Crippen molar-refractivity contribution in [2.24, 2.45) is 17.6 Å². The number of fused-ring (bicyclic) bond motifs is 3. The van der Waals surface area contributed by atoms with Crippen LogP contribution in [-0.2, 0) is 14.4 Å². The maximum atomic E-state index is 13.7. The second-order valence-electron chi connectivity index (χ2n) is 8.79. The van der Waals surface area contributed by atoms with E-state index in [1.165, 1.54) is 25.1 Å². The number of Topliss-reactive ketones (excluding diaryl/α,β-unsaturated/α-hetero) is 2. The highest BCUT2D eigenvalue weighted by Gasteiger charge is 2.68. The standard InChI is InChI=1S/C22H24N2O8/c1-7-8-5-4-6-9(25)11(8)16(26)12-10(7)17(27)14-15(24(2)3)18(28)13(21(23)31)20(30)22(14,32)19(12)29/h4-7,10,14-15,17,25-27,30,32H,1-3H3,(H2,23,31)/t7?,10-,14-,15+,17+,22+/m1/s1. The van der Waals surface area contributed by atoms with Crippen LogP contribution in [0.4, 0.5) is 0 Å². The van der Waals surface area contributed by atoms with Crippen LogP contribution in [-0.4, -0.2) is 79.7 Å². The van der Waals surface area contributed by atoms with Crippen molar-refractivity contribution >= 4 is 23.2 Å². The van der Waals surface area contributed by atoms with Crippen molar-refractivity contribution in [3.05, 3.63) is 46.2 Å². The number of aromatic hydroxyl groups is 1. The van der Waals surface area contributed by atoms with E-state index in [9.17, 15) is 39.9 Å².